The van der Waals surface area contributed by atoms with Crippen LogP contribution >= 0.6 is 11.8 Å². The molecule has 1 aliphatic heterocycles. The smallest absolute Gasteiger partial charge is 0.327 e. The van der Waals surface area contributed by atoms with Gasteiger partial charge in [0.1, 0.15) is 6.04 Å². The highest BCUT2D eigenvalue weighted by atomic mass is 32.2. The quantitative estimate of drug-likeness (QED) is 0.710. The van der Waals surface area contributed by atoms with Gasteiger partial charge in [-0.15, -0.1) is 0 Å². The van der Waals surface area contributed by atoms with Gasteiger partial charge in [-0.25, -0.2) is 9.59 Å². The van der Waals surface area contributed by atoms with E-state index in [0.29, 0.717) is 23.7 Å². The van der Waals surface area contributed by atoms with E-state index in [1.807, 2.05) is 0 Å². The first-order valence-corrected chi connectivity index (χ1v) is 6.97. The molecule has 7 heteroatoms. The average molecular weight is 281 g/mol. The molecule has 102 valence electrons. The van der Waals surface area contributed by atoms with E-state index in [0.717, 1.165) is 5.75 Å². The number of carbonyl (C=O) groups is 2. The van der Waals surface area contributed by atoms with Gasteiger partial charge in [0.25, 0.3) is 0 Å². The molecule has 0 saturated carbocycles. The number of thioether (sulfide) groups is 1. The summed E-state index contributed by atoms with van der Waals surface area (Å²) in [7, 11) is 0. The minimum absolute atomic E-state index is 0.410. The zero-order valence-electron chi connectivity index (χ0n) is 10.2. The number of benzene rings is 1. The van der Waals surface area contributed by atoms with Crippen LogP contribution in [-0.4, -0.2) is 46.1 Å². The number of urea groups is 1. The monoisotopic (exact) mass is 281 g/mol. The summed E-state index contributed by atoms with van der Waals surface area (Å²) in [5.74, 6) is 0.164. The van der Waals surface area contributed by atoms with E-state index >= 15 is 0 Å². The van der Waals surface area contributed by atoms with Crippen LogP contribution in [0.15, 0.2) is 24.3 Å². The SMILES string of the molecule is Nc1ccccc1NC(=O)N1CCSCC1C(=O)O. The second-order valence-corrected chi connectivity index (χ2v) is 5.29. The van der Waals surface area contributed by atoms with E-state index in [2.05, 4.69) is 5.32 Å². The maximum Gasteiger partial charge on any atom is 0.327 e. The number of rotatable bonds is 2. The summed E-state index contributed by atoms with van der Waals surface area (Å²) in [6.45, 7) is 0.417. The molecule has 6 nitrogen and oxygen atoms in total. The second-order valence-electron chi connectivity index (χ2n) is 4.14. The van der Waals surface area contributed by atoms with Crippen LogP contribution in [0, 0.1) is 0 Å². The van der Waals surface area contributed by atoms with Gasteiger partial charge < -0.3 is 21.1 Å². The van der Waals surface area contributed by atoms with E-state index in [-0.39, 0.29) is 0 Å². The summed E-state index contributed by atoms with van der Waals surface area (Å²) in [5, 5.41) is 11.8. The Hall–Kier alpha value is -1.89. The predicted molar refractivity (Wildman–Crippen MR) is 75.3 cm³/mol. The maximum atomic E-state index is 12.1. The molecule has 0 bridgehead atoms. The number of nitrogens with zero attached hydrogens (tertiary/aromatic N) is 1. The molecule has 1 unspecified atom stereocenters. The third-order valence-electron chi connectivity index (χ3n) is 2.88. The van der Waals surface area contributed by atoms with Crippen molar-refractivity contribution < 1.29 is 14.7 Å². The zero-order chi connectivity index (χ0) is 13.8. The van der Waals surface area contributed by atoms with Crippen LogP contribution in [0.2, 0.25) is 0 Å². The van der Waals surface area contributed by atoms with Gasteiger partial charge in [-0.05, 0) is 12.1 Å². The Balaban J connectivity index is 2.10. The fourth-order valence-corrected chi connectivity index (χ4v) is 2.89. The van der Waals surface area contributed by atoms with Gasteiger partial charge in [0.2, 0.25) is 0 Å². The fourth-order valence-electron chi connectivity index (χ4n) is 1.85. The lowest BCUT2D eigenvalue weighted by atomic mass is 10.2. The Kier molecular flexibility index (Phi) is 4.16. The first kappa shape index (κ1) is 13.5. The van der Waals surface area contributed by atoms with Gasteiger partial charge in [0.15, 0.2) is 0 Å². The number of carboxylic acids is 1. The molecule has 0 aliphatic carbocycles. The summed E-state index contributed by atoms with van der Waals surface area (Å²) in [6.07, 6.45) is 0. The number of aliphatic carboxylic acids is 1. The van der Waals surface area contributed by atoms with Gasteiger partial charge in [-0.3, -0.25) is 0 Å². The molecule has 1 fully saturated rings. The number of carbonyl (C=O) groups excluding carboxylic acids is 1. The minimum atomic E-state index is -0.983. The minimum Gasteiger partial charge on any atom is -0.480 e. The topological polar surface area (TPSA) is 95.7 Å². The Labute approximate surface area is 115 Å². The van der Waals surface area contributed by atoms with Crippen molar-refractivity contribution in [3.8, 4) is 0 Å². The summed E-state index contributed by atoms with van der Waals surface area (Å²) in [6, 6.07) is 5.67. The number of hydrogen-bond donors (Lipinski definition) is 3. The van der Waals surface area contributed by atoms with Crippen molar-refractivity contribution in [3.63, 3.8) is 0 Å². The van der Waals surface area contributed by atoms with Gasteiger partial charge in [0, 0.05) is 18.1 Å². The highest BCUT2D eigenvalue weighted by molar-refractivity contribution is 7.99. The molecular weight excluding hydrogens is 266 g/mol. The molecule has 0 aromatic heterocycles. The highest BCUT2D eigenvalue weighted by Crippen LogP contribution is 2.21. The Morgan fingerprint density at radius 1 is 1.42 bits per heavy atom. The van der Waals surface area contributed by atoms with E-state index in [1.165, 1.54) is 16.7 Å². The molecule has 1 aromatic rings. The van der Waals surface area contributed by atoms with E-state index < -0.39 is 18.0 Å². The lowest BCUT2D eigenvalue weighted by molar-refractivity contribution is -0.141. The normalized spacial score (nSPS) is 18.9. The van der Waals surface area contributed by atoms with Crippen molar-refractivity contribution in [2.24, 2.45) is 0 Å². The lowest BCUT2D eigenvalue weighted by Gasteiger charge is -2.32. The van der Waals surface area contributed by atoms with Gasteiger partial charge in [-0.2, -0.15) is 11.8 Å². The number of nitrogens with one attached hydrogen (secondary N) is 1. The molecule has 4 N–H and O–H groups in total. The molecule has 1 saturated heterocycles. The van der Waals surface area contributed by atoms with E-state index in [9.17, 15) is 9.59 Å². The number of nitrogen functional groups attached to an aromatic ring is 1. The summed E-state index contributed by atoms with van der Waals surface area (Å²) in [4.78, 5) is 24.6. The average Bonchev–Trinajstić information content (AvgIpc) is 2.41. The highest BCUT2D eigenvalue weighted by Gasteiger charge is 2.32. The van der Waals surface area contributed by atoms with Crippen LogP contribution in [-0.2, 0) is 4.79 Å². The molecule has 1 aromatic carbocycles. The number of amides is 2. The number of carboxylic acid groups (broad SMARTS) is 1. The Morgan fingerprint density at radius 3 is 2.84 bits per heavy atom. The first-order valence-electron chi connectivity index (χ1n) is 5.82. The molecule has 1 heterocycles. The Bertz CT molecular complexity index is 495. The predicted octanol–water partition coefficient (Wildman–Crippen LogP) is 1.30. The summed E-state index contributed by atoms with van der Waals surface area (Å²) >= 11 is 1.53. The summed E-state index contributed by atoms with van der Waals surface area (Å²) in [5.41, 5.74) is 6.69. The van der Waals surface area contributed by atoms with Crippen LogP contribution in [0.25, 0.3) is 0 Å². The fraction of sp³-hybridized carbons (Fsp3) is 0.333. The zero-order valence-corrected chi connectivity index (χ0v) is 11.0. The van der Waals surface area contributed by atoms with Crippen molar-refractivity contribution in [1.29, 1.82) is 0 Å². The van der Waals surface area contributed by atoms with Crippen LogP contribution in [0.1, 0.15) is 0 Å². The van der Waals surface area contributed by atoms with Gasteiger partial charge >= 0.3 is 12.0 Å². The number of nitrogens with two attached hydrogens (primary N) is 1. The number of anilines is 2. The number of para-hydroxylation sites is 2. The maximum absolute atomic E-state index is 12.1. The van der Waals surface area contributed by atoms with Crippen LogP contribution in [0.3, 0.4) is 0 Å². The molecule has 0 radical (unpaired) electrons. The standard InChI is InChI=1S/C12H15N3O3S/c13-8-3-1-2-4-9(8)14-12(18)15-5-6-19-7-10(15)11(16)17/h1-4,10H,5-7,13H2,(H,14,18)(H,16,17). The van der Waals surface area contributed by atoms with Crippen molar-refractivity contribution in [1.82, 2.24) is 4.90 Å². The lowest BCUT2D eigenvalue weighted by Crippen LogP contribution is -2.51. The van der Waals surface area contributed by atoms with E-state index in [4.69, 9.17) is 10.8 Å². The molecule has 1 aliphatic rings. The third kappa shape index (κ3) is 3.11. The summed E-state index contributed by atoms with van der Waals surface area (Å²) < 4.78 is 0. The van der Waals surface area contributed by atoms with Crippen LogP contribution < -0.4 is 11.1 Å². The van der Waals surface area contributed by atoms with Crippen molar-refractivity contribution >= 4 is 35.1 Å². The van der Waals surface area contributed by atoms with Gasteiger partial charge in [-0.1, -0.05) is 12.1 Å². The molecular formula is C12H15N3O3S. The van der Waals surface area contributed by atoms with Crippen LogP contribution in [0.4, 0.5) is 16.2 Å². The molecule has 19 heavy (non-hydrogen) atoms. The van der Waals surface area contributed by atoms with Gasteiger partial charge in [0.05, 0.1) is 11.4 Å². The van der Waals surface area contributed by atoms with Crippen LogP contribution in [0.5, 0.6) is 0 Å². The van der Waals surface area contributed by atoms with Crippen molar-refractivity contribution in [2.75, 3.05) is 29.1 Å². The molecule has 2 rings (SSSR count). The largest absolute Gasteiger partial charge is 0.480 e. The number of hydrogen-bond acceptors (Lipinski definition) is 4. The second kappa shape index (κ2) is 5.83. The van der Waals surface area contributed by atoms with Crippen molar-refractivity contribution in [2.45, 2.75) is 6.04 Å². The Morgan fingerprint density at radius 2 is 2.16 bits per heavy atom. The van der Waals surface area contributed by atoms with Crippen molar-refractivity contribution in [3.05, 3.63) is 24.3 Å². The molecule has 2 amide bonds. The third-order valence-corrected chi connectivity index (χ3v) is 3.90. The first-order chi connectivity index (χ1) is 9.09. The molecule has 0 spiro atoms. The molecule has 1 atom stereocenters. The van der Waals surface area contributed by atoms with E-state index in [1.54, 1.807) is 24.3 Å².